The summed E-state index contributed by atoms with van der Waals surface area (Å²) in [5.74, 6) is -0.831. The highest BCUT2D eigenvalue weighted by Crippen LogP contribution is 2.31. The molecule has 6 nitrogen and oxygen atoms in total. The molecular weight excluding hydrogens is 321 g/mol. The van der Waals surface area contributed by atoms with Gasteiger partial charge in [0.1, 0.15) is 11.3 Å². The second-order valence-electron chi connectivity index (χ2n) is 7.48. The number of rotatable bonds is 5. The Morgan fingerprint density at radius 2 is 2.12 bits per heavy atom. The van der Waals surface area contributed by atoms with Gasteiger partial charge in [0.2, 0.25) is 5.91 Å². The average Bonchev–Trinajstić information content (AvgIpc) is 2.53. The lowest BCUT2D eigenvalue weighted by atomic mass is 9.72. The zero-order valence-electron chi connectivity index (χ0n) is 15.3. The summed E-state index contributed by atoms with van der Waals surface area (Å²) in [7, 11) is -1.20. The molecular formula is C18H26BNO5. The number of hydrogen-bond donors (Lipinski definition) is 2. The predicted octanol–water partition coefficient (Wildman–Crippen LogP) is 2.13. The van der Waals surface area contributed by atoms with E-state index in [1.807, 2.05) is 6.07 Å². The lowest BCUT2D eigenvalue weighted by molar-refractivity contribution is -0.121. The summed E-state index contributed by atoms with van der Waals surface area (Å²) in [6, 6.07) is 5.19. The highest BCUT2D eigenvalue weighted by Gasteiger charge is 2.37. The SMILES string of the molecule is CCC(=O)N[C@H]1Cc2cccc(C(=O)OCCC(C)(C)C)c2OB1O. The van der Waals surface area contributed by atoms with Crippen molar-refractivity contribution < 1.29 is 24.0 Å². The van der Waals surface area contributed by atoms with Gasteiger partial charge in [0.05, 0.1) is 12.5 Å². The van der Waals surface area contributed by atoms with Crippen LogP contribution in [0.25, 0.3) is 0 Å². The number of benzene rings is 1. The molecule has 0 spiro atoms. The van der Waals surface area contributed by atoms with Gasteiger partial charge in [0, 0.05) is 6.42 Å². The van der Waals surface area contributed by atoms with Gasteiger partial charge in [-0.25, -0.2) is 4.79 Å². The minimum absolute atomic E-state index is 0.0772. The van der Waals surface area contributed by atoms with E-state index in [2.05, 4.69) is 26.1 Å². The number of para-hydroxylation sites is 1. The fraction of sp³-hybridized carbons (Fsp3) is 0.556. The van der Waals surface area contributed by atoms with Crippen molar-refractivity contribution in [3.63, 3.8) is 0 Å². The standard InChI is InChI=1S/C18H26BNO5/c1-5-15(21)20-14-11-12-7-6-8-13(16(12)25-19(14)23)17(22)24-10-9-18(2,3)4/h6-8,14,23H,5,9-11H2,1-4H3,(H,20,21)/t14-/m0/s1. The van der Waals surface area contributed by atoms with Crippen molar-refractivity contribution in [3.8, 4) is 5.75 Å². The Balaban J connectivity index is 2.10. The monoisotopic (exact) mass is 347 g/mol. The zero-order chi connectivity index (χ0) is 18.6. The van der Waals surface area contributed by atoms with Crippen molar-refractivity contribution in [1.29, 1.82) is 0 Å². The minimum atomic E-state index is -1.20. The molecule has 0 fully saturated rings. The molecule has 0 bridgehead atoms. The summed E-state index contributed by atoms with van der Waals surface area (Å²) in [6.07, 6.45) is 1.48. The fourth-order valence-electron chi connectivity index (χ4n) is 2.54. The summed E-state index contributed by atoms with van der Waals surface area (Å²) in [4.78, 5) is 23.9. The van der Waals surface area contributed by atoms with Crippen molar-refractivity contribution in [2.75, 3.05) is 6.61 Å². The lowest BCUT2D eigenvalue weighted by Crippen LogP contribution is -2.53. The van der Waals surface area contributed by atoms with Crippen LogP contribution < -0.4 is 9.97 Å². The number of ether oxygens (including phenoxy) is 1. The van der Waals surface area contributed by atoms with E-state index < -0.39 is 19.0 Å². The Kier molecular flexibility index (Phi) is 6.11. The molecule has 2 rings (SSSR count). The van der Waals surface area contributed by atoms with Gasteiger partial charge in [0.25, 0.3) is 0 Å². The van der Waals surface area contributed by atoms with Gasteiger partial charge in [0.15, 0.2) is 0 Å². The molecule has 1 aliphatic heterocycles. The van der Waals surface area contributed by atoms with Gasteiger partial charge in [-0.1, -0.05) is 39.8 Å². The third-order valence-corrected chi connectivity index (χ3v) is 4.09. The smallest absolute Gasteiger partial charge is 0.534 e. The second-order valence-corrected chi connectivity index (χ2v) is 7.48. The van der Waals surface area contributed by atoms with Crippen LogP contribution in [0.3, 0.4) is 0 Å². The van der Waals surface area contributed by atoms with E-state index in [1.165, 1.54) is 0 Å². The maximum absolute atomic E-state index is 12.4. The molecule has 1 aromatic rings. The van der Waals surface area contributed by atoms with Crippen LogP contribution in [-0.2, 0) is 16.0 Å². The first-order valence-electron chi connectivity index (χ1n) is 8.64. The Morgan fingerprint density at radius 1 is 1.40 bits per heavy atom. The van der Waals surface area contributed by atoms with Crippen LogP contribution in [0.4, 0.5) is 0 Å². The number of fused-ring (bicyclic) bond motifs is 1. The highest BCUT2D eigenvalue weighted by molar-refractivity contribution is 6.47. The van der Waals surface area contributed by atoms with Crippen molar-refractivity contribution >= 4 is 19.0 Å². The first-order valence-corrected chi connectivity index (χ1v) is 8.64. The van der Waals surface area contributed by atoms with Crippen LogP contribution in [0.5, 0.6) is 5.75 Å². The van der Waals surface area contributed by atoms with E-state index in [-0.39, 0.29) is 11.3 Å². The van der Waals surface area contributed by atoms with Crippen LogP contribution >= 0.6 is 0 Å². The Hall–Kier alpha value is -2.02. The quantitative estimate of drug-likeness (QED) is 0.630. The third kappa shape index (κ3) is 5.23. The van der Waals surface area contributed by atoms with Crippen LogP contribution in [0.1, 0.15) is 56.5 Å². The van der Waals surface area contributed by atoms with Gasteiger partial charge in [-0.2, -0.15) is 0 Å². The number of esters is 1. The van der Waals surface area contributed by atoms with Crippen molar-refractivity contribution in [3.05, 3.63) is 29.3 Å². The Morgan fingerprint density at radius 3 is 2.76 bits per heavy atom. The average molecular weight is 347 g/mol. The maximum Gasteiger partial charge on any atom is 0.547 e. The van der Waals surface area contributed by atoms with Crippen LogP contribution in [0, 0.1) is 5.41 Å². The number of carbonyl (C=O) groups is 2. The molecule has 1 aromatic carbocycles. The summed E-state index contributed by atoms with van der Waals surface area (Å²) in [5.41, 5.74) is 1.14. The van der Waals surface area contributed by atoms with E-state index in [0.29, 0.717) is 30.8 Å². The van der Waals surface area contributed by atoms with Crippen LogP contribution in [0.2, 0.25) is 0 Å². The third-order valence-electron chi connectivity index (χ3n) is 4.09. The van der Waals surface area contributed by atoms with E-state index >= 15 is 0 Å². The number of amides is 1. The molecule has 1 heterocycles. The highest BCUT2D eigenvalue weighted by atomic mass is 16.5. The van der Waals surface area contributed by atoms with E-state index in [0.717, 1.165) is 12.0 Å². The summed E-state index contributed by atoms with van der Waals surface area (Å²) in [6.45, 7) is 8.30. The van der Waals surface area contributed by atoms with Crippen molar-refractivity contribution in [2.24, 2.45) is 5.41 Å². The molecule has 0 unspecified atom stereocenters. The van der Waals surface area contributed by atoms with Crippen molar-refractivity contribution in [1.82, 2.24) is 5.32 Å². The molecule has 1 atom stereocenters. The van der Waals surface area contributed by atoms with Gasteiger partial charge in [-0.15, -0.1) is 0 Å². The molecule has 0 aliphatic carbocycles. The van der Waals surface area contributed by atoms with Gasteiger partial charge < -0.3 is 19.7 Å². The second kappa shape index (κ2) is 7.91. The summed E-state index contributed by atoms with van der Waals surface area (Å²) >= 11 is 0. The fourth-order valence-corrected chi connectivity index (χ4v) is 2.54. The Labute approximate surface area is 149 Å². The zero-order valence-corrected chi connectivity index (χ0v) is 15.3. The molecule has 0 radical (unpaired) electrons. The molecule has 136 valence electrons. The molecule has 7 heteroatoms. The molecule has 0 saturated heterocycles. The number of carbonyl (C=O) groups excluding carboxylic acids is 2. The van der Waals surface area contributed by atoms with Crippen molar-refractivity contribution in [2.45, 2.75) is 52.9 Å². The molecule has 0 saturated carbocycles. The Bertz CT molecular complexity index is 641. The van der Waals surface area contributed by atoms with E-state index in [9.17, 15) is 14.6 Å². The predicted molar refractivity (Wildman–Crippen MR) is 95.3 cm³/mol. The first-order chi connectivity index (χ1) is 11.7. The number of nitrogens with one attached hydrogen (secondary N) is 1. The molecule has 2 N–H and O–H groups in total. The van der Waals surface area contributed by atoms with Gasteiger partial charge in [-0.05, 0) is 29.9 Å². The molecule has 1 amide bonds. The minimum Gasteiger partial charge on any atom is -0.534 e. The molecule has 0 aromatic heterocycles. The van der Waals surface area contributed by atoms with Gasteiger partial charge >= 0.3 is 13.1 Å². The summed E-state index contributed by atoms with van der Waals surface area (Å²) < 4.78 is 10.9. The largest absolute Gasteiger partial charge is 0.547 e. The van der Waals surface area contributed by atoms with Crippen LogP contribution in [0.15, 0.2) is 18.2 Å². The van der Waals surface area contributed by atoms with E-state index in [4.69, 9.17) is 9.39 Å². The molecule has 25 heavy (non-hydrogen) atoms. The maximum atomic E-state index is 12.4. The lowest BCUT2D eigenvalue weighted by Gasteiger charge is -2.29. The normalized spacial score (nSPS) is 16.7. The number of hydrogen-bond acceptors (Lipinski definition) is 5. The topological polar surface area (TPSA) is 84.9 Å². The van der Waals surface area contributed by atoms with Crippen LogP contribution in [-0.4, -0.2) is 36.6 Å². The first kappa shape index (κ1) is 19.3. The molecule has 1 aliphatic rings. The van der Waals surface area contributed by atoms with E-state index in [1.54, 1.807) is 19.1 Å². The summed E-state index contributed by atoms with van der Waals surface area (Å²) in [5, 5.41) is 12.9. The van der Waals surface area contributed by atoms with Gasteiger partial charge in [-0.3, -0.25) is 4.79 Å².